The van der Waals surface area contributed by atoms with Gasteiger partial charge in [0.1, 0.15) is 0 Å². The summed E-state index contributed by atoms with van der Waals surface area (Å²) in [7, 11) is 1.69. The van der Waals surface area contributed by atoms with Gasteiger partial charge in [-0.15, -0.1) is 0 Å². The summed E-state index contributed by atoms with van der Waals surface area (Å²) in [6.07, 6.45) is 0.997. The molecule has 2 rings (SSSR count). The van der Waals surface area contributed by atoms with E-state index in [4.69, 9.17) is 9.47 Å². The van der Waals surface area contributed by atoms with Crippen LogP contribution in [0.1, 0.15) is 6.42 Å². The summed E-state index contributed by atoms with van der Waals surface area (Å²) in [5, 5.41) is 5.96. The van der Waals surface area contributed by atoms with Crippen molar-refractivity contribution in [1.29, 1.82) is 0 Å². The number of ether oxygens (including phenoxy) is 2. The molecule has 0 heterocycles. The fourth-order valence-corrected chi connectivity index (χ4v) is 1.95. The molecule has 0 aliphatic rings. The summed E-state index contributed by atoms with van der Waals surface area (Å²) in [5.41, 5.74) is 1.16. The van der Waals surface area contributed by atoms with E-state index in [0.29, 0.717) is 13.2 Å². The van der Waals surface area contributed by atoms with E-state index in [2.05, 4.69) is 47.8 Å². The Hall–Kier alpha value is -1.58. The van der Waals surface area contributed by atoms with Crippen molar-refractivity contribution in [3.05, 3.63) is 42.5 Å². The molecule has 0 unspecified atom stereocenters. The molecular weight excluding hydrogens is 238 g/mol. The van der Waals surface area contributed by atoms with Gasteiger partial charge in [-0.25, -0.2) is 0 Å². The Morgan fingerprint density at radius 1 is 0.947 bits per heavy atom. The molecule has 0 atom stereocenters. The Labute approximate surface area is 114 Å². The Balaban J connectivity index is 1.72. The minimum atomic E-state index is 0.665. The molecule has 0 radical (unpaired) electrons. The van der Waals surface area contributed by atoms with Crippen molar-refractivity contribution in [2.45, 2.75) is 6.42 Å². The van der Waals surface area contributed by atoms with E-state index in [-0.39, 0.29) is 0 Å². The smallest absolute Gasteiger partial charge is 0.0700 e. The van der Waals surface area contributed by atoms with E-state index < -0.39 is 0 Å². The third kappa shape index (κ3) is 4.54. The molecule has 0 bridgehead atoms. The van der Waals surface area contributed by atoms with Crippen LogP contribution in [0.25, 0.3) is 10.8 Å². The molecule has 3 nitrogen and oxygen atoms in total. The van der Waals surface area contributed by atoms with Gasteiger partial charge in [0, 0.05) is 25.9 Å². The van der Waals surface area contributed by atoms with Gasteiger partial charge in [0.2, 0.25) is 0 Å². The molecule has 0 saturated heterocycles. The first kappa shape index (κ1) is 13.8. The topological polar surface area (TPSA) is 30.5 Å². The number of fused-ring (bicyclic) bond motifs is 1. The summed E-state index contributed by atoms with van der Waals surface area (Å²) >= 11 is 0. The van der Waals surface area contributed by atoms with Crippen molar-refractivity contribution in [3.63, 3.8) is 0 Å². The van der Waals surface area contributed by atoms with Crippen molar-refractivity contribution < 1.29 is 9.47 Å². The van der Waals surface area contributed by atoms with Crippen molar-refractivity contribution in [1.82, 2.24) is 0 Å². The average Bonchev–Trinajstić information content (AvgIpc) is 2.46. The highest BCUT2D eigenvalue weighted by atomic mass is 16.5. The van der Waals surface area contributed by atoms with E-state index in [9.17, 15) is 0 Å². The molecule has 0 aliphatic heterocycles. The molecule has 0 amide bonds. The standard InChI is InChI=1S/C16H21NO2/c1-18-11-12-19-10-4-9-17-16-8-7-14-5-2-3-6-15(14)13-16/h2-3,5-8,13,17H,4,9-12H2,1H3. The molecule has 0 saturated carbocycles. The number of benzene rings is 2. The van der Waals surface area contributed by atoms with Gasteiger partial charge < -0.3 is 14.8 Å². The zero-order chi connectivity index (χ0) is 13.3. The van der Waals surface area contributed by atoms with Gasteiger partial charge in [0.15, 0.2) is 0 Å². The predicted octanol–water partition coefficient (Wildman–Crippen LogP) is 3.30. The minimum Gasteiger partial charge on any atom is -0.385 e. The second-order valence-electron chi connectivity index (χ2n) is 4.45. The van der Waals surface area contributed by atoms with Gasteiger partial charge in [-0.3, -0.25) is 0 Å². The highest BCUT2D eigenvalue weighted by Gasteiger charge is 1.95. The van der Waals surface area contributed by atoms with E-state index in [0.717, 1.165) is 25.3 Å². The summed E-state index contributed by atoms with van der Waals surface area (Å²) in [6.45, 7) is 3.03. The number of anilines is 1. The maximum absolute atomic E-state index is 5.42. The highest BCUT2D eigenvalue weighted by Crippen LogP contribution is 2.18. The normalized spacial score (nSPS) is 10.8. The minimum absolute atomic E-state index is 0.665. The van der Waals surface area contributed by atoms with Gasteiger partial charge in [0.05, 0.1) is 13.2 Å². The average molecular weight is 259 g/mol. The molecular formula is C16H21NO2. The first-order valence-corrected chi connectivity index (χ1v) is 6.69. The highest BCUT2D eigenvalue weighted by molar-refractivity contribution is 5.85. The number of rotatable bonds is 8. The van der Waals surface area contributed by atoms with Crippen molar-refractivity contribution in [2.75, 3.05) is 38.8 Å². The lowest BCUT2D eigenvalue weighted by Crippen LogP contribution is -2.08. The van der Waals surface area contributed by atoms with Crippen LogP contribution in [0.3, 0.4) is 0 Å². The van der Waals surface area contributed by atoms with Crippen LogP contribution in [0.2, 0.25) is 0 Å². The quantitative estimate of drug-likeness (QED) is 0.738. The molecule has 0 aromatic heterocycles. The van der Waals surface area contributed by atoms with Gasteiger partial charge in [-0.2, -0.15) is 0 Å². The number of hydrogen-bond donors (Lipinski definition) is 1. The third-order valence-corrected chi connectivity index (χ3v) is 2.98. The molecule has 1 N–H and O–H groups in total. The van der Waals surface area contributed by atoms with Gasteiger partial charge >= 0.3 is 0 Å². The first-order chi connectivity index (χ1) is 9.40. The van der Waals surface area contributed by atoms with E-state index in [1.54, 1.807) is 7.11 Å². The fraction of sp³-hybridized carbons (Fsp3) is 0.375. The van der Waals surface area contributed by atoms with Gasteiger partial charge in [0.25, 0.3) is 0 Å². The summed E-state index contributed by atoms with van der Waals surface area (Å²) in [5.74, 6) is 0. The maximum atomic E-state index is 5.42. The van der Waals surface area contributed by atoms with Crippen molar-refractivity contribution in [3.8, 4) is 0 Å². The number of nitrogens with one attached hydrogen (secondary N) is 1. The van der Waals surface area contributed by atoms with Gasteiger partial charge in [-0.05, 0) is 29.3 Å². The zero-order valence-corrected chi connectivity index (χ0v) is 11.4. The van der Waals surface area contributed by atoms with E-state index >= 15 is 0 Å². The zero-order valence-electron chi connectivity index (χ0n) is 11.4. The monoisotopic (exact) mass is 259 g/mol. The van der Waals surface area contributed by atoms with Crippen LogP contribution < -0.4 is 5.32 Å². The molecule has 0 aliphatic carbocycles. The Bertz CT molecular complexity index is 499. The second kappa shape index (κ2) is 7.77. The maximum Gasteiger partial charge on any atom is 0.0700 e. The lowest BCUT2D eigenvalue weighted by Gasteiger charge is -2.08. The Kier molecular flexibility index (Phi) is 5.66. The summed E-state index contributed by atoms with van der Waals surface area (Å²) in [6, 6.07) is 14.8. The van der Waals surface area contributed by atoms with Crippen LogP contribution >= 0.6 is 0 Å². The summed E-state index contributed by atoms with van der Waals surface area (Å²) in [4.78, 5) is 0. The van der Waals surface area contributed by atoms with E-state index in [1.165, 1.54) is 10.8 Å². The van der Waals surface area contributed by atoms with Crippen molar-refractivity contribution >= 4 is 16.5 Å². The van der Waals surface area contributed by atoms with Crippen LogP contribution in [0.15, 0.2) is 42.5 Å². The number of methoxy groups -OCH3 is 1. The molecule has 19 heavy (non-hydrogen) atoms. The molecule has 0 spiro atoms. The molecule has 0 fully saturated rings. The first-order valence-electron chi connectivity index (χ1n) is 6.69. The Morgan fingerprint density at radius 3 is 2.63 bits per heavy atom. The van der Waals surface area contributed by atoms with Crippen LogP contribution in [0.5, 0.6) is 0 Å². The molecule has 2 aromatic rings. The Morgan fingerprint density at radius 2 is 1.79 bits per heavy atom. The third-order valence-electron chi connectivity index (χ3n) is 2.98. The molecule has 102 valence electrons. The second-order valence-corrected chi connectivity index (χ2v) is 4.45. The molecule has 3 heteroatoms. The lowest BCUT2D eigenvalue weighted by molar-refractivity contribution is 0.0705. The fourth-order valence-electron chi connectivity index (χ4n) is 1.95. The lowest BCUT2D eigenvalue weighted by atomic mass is 10.1. The van der Waals surface area contributed by atoms with Crippen LogP contribution in [-0.2, 0) is 9.47 Å². The van der Waals surface area contributed by atoms with Crippen LogP contribution in [0, 0.1) is 0 Å². The number of hydrogen-bond acceptors (Lipinski definition) is 3. The van der Waals surface area contributed by atoms with Crippen molar-refractivity contribution in [2.24, 2.45) is 0 Å². The van der Waals surface area contributed by atoms with E-state index in [1.807, 2.05) is 0 Å². The summed E-state index contributed by atoms with van der Waals surface area (Å²) < 4.78 is 10.3. The predicted molar refractivity (Wildman–Crippen MR) is 79.7 cm³/mol. The van der Waals surface area contributed by atoms with Crippen LogP contribution in [-0.4, -0.2) is 33.5 Å². The van der Waals surface area contributed by atoms with Crippen LogP contribution in [0.4, 0.5) is 5.69 Å². The molecule has 2 aromatic carbocycles. The van der Waals surface area contributed by atoms with Gasteiger partial charge in [-0.1, -0.05) is 30.3 Å². The largest absolute Gasteiger partial charge is 0.385 e. The SMILES string of the molecule is COCCOCCCNc1ccc2ccccc2c1.